The van der Waals surface area contributed by atoms with Crippen molar-refractivity contribution in [2.24, 2.45) is 16.6 Å². The minimum absolute atomic E-state index is 0.379. The largest absolute Gasteiger partial charge is 0.402 e. The molecular formula is C14H25N3. The molecule has 17 heavy (non-hydrogen) atoms. The summed E-state index contributed by atoms with van der Waals surface area (Å²) in [4.78, 5) is 6.79. The second-order valence-electron chi connectivity index (χ2n) is 4.91. The molecule has 0 unspecified atom stereocenters. The van der Waals surface area contributed by atoms with Crippen molar-refractivity contribution in [3.05, 3.63) is 24.2 Å². The third kappa shape index (κ3) is 4.25. The number of allylic oxidation sites excluding steroid dienone is 2. The summed E-state index contributed by atoms with van der Waals surface area (Å²) >= 11 is 0. The summed E-state index contributed by atoms with van der Waals surface area (Å²) in [7, 11) is 0. The fraction of sp³-hybridized carbons (Fsp3) is 0.643. The van der Waals surface area contributed by atoms with Gasteiger partial charge in [-0.15, -0.1) is 0 Å². The number of nitrogens with two attached hydrogens (primary N) is 1. The Morgan fingerprint density at radius 3 is 2.82 bits per heavy atom. The molecule has 96 valence electrons. The highest BCUT2D eigenvalue weighted by molar-refractivity contribution is 5.96. The van der Waals surface area contributed by atoms with Gasteiger partial charge in [0.05, 0.1) is 0 Å². The molecule has 0 bridgehead atoms. The zero-order valence-corrected chi connectivity index (χ0v) is 11.4. The van der Waals surface area contributed by atoms with Gasteiger partial charge in [-0.2, -0.15) is 0 Å². The van der Waals surface area contributed by atoms with Crippen LogP contribution in [0.1, 0.15) is 40.0 Å². The van der Waals surface area contributed by atoms with Gasteiger partial charge in [-0.1, -0.05) is 33.8 Å². The Labute approximate surface area is 105 Å². The topological polar surface area (TPSA) is 41.6 Å². The minimum Gasteiger partial charge on any atom is -0.402 e. The molecule has 0 radical (unpaired) electrons. The lowest BCUT2D eigenvalue weighted by atomic mass is 10.1. The van der Waals surface area contributed by atoms with Gasteiger partial charge in [0.2, 0.25) is 0 Å². The summed E-state index contributed by atoms with van der Waals surface area (Å²) in [6, 6.07) is 0. The van der Waals surface area contributed by atoms with E-state index >= 15 is 0 Å². The monoisotopic (exact) mass is 235 g/mol. The van der Waals surface area contributed by atoms with Crippen LogP contribution in [0, 0.1) is 5.92 Å². The zero-order valence-electron chi connectivity index (χ0n) is 11.4. The molecule has 3 heteroatoms. The molecule has 1 aliphatic heterocycles. The van der Waals surface area contributed by atoms with E-state index in [1.165, 1.54) is 12.8 Å². The van der Waals surface area contributed by atoms with Crippen molar-refractivity contribution in [3.8, 4) is 0 Å². The Morgan fingerprint density at radius 2 is 2.29 bits per heavy atom. The summed E-state index contributed by atoms with van der Waals surface area (Å²) in [6.45, 7) is 12.5. The van der Waals surface area contributed by atoms with E-state index in [9.17, 15) is 0 Å². The maximum absolute atomic E-state index is 5.94. The van der Waals surface area contributed by atoms with E-state index in [0.717, 1.165) is 36.7 Å². The predicted molar refractivity (Wildman–Crippen MR) is 74.8 cm³/mol. The van der Waals surface area contributed by atoms with Gasteiger partial charge in [-0.05, 0) is 18.4 Å². The Kier molecular flexibility index (Phi) is 5.26. The minimum atomic E-state index is 0.379. The maximum Gasteiger partial charge on any atom is 0.121 e. The van der Waals surface area contributed by atoms with E-state index < -0.39 is 0 Å². The van der Waals surface area contributed by atoms with E-state index in [1.807, 2.05) is 6.08 Å². The average Bonchev–Trinajstić information content (AvgIpc) is 2.28. The van der Waals surface area contributed by atoms with Crippen LogP contribution in [-0.2, 0) is 0 Å². The second kappa shape index (κ2) is 6.48. The van der Waals surface area contributed by atoms with Gasteiger partial charge in [0.1, 0.15) is 5.82 Å². The quantitative estimate of drug-likeness (QED) is 0.796. The highest BCUT2D eigenvalue weighted by atomic mass is 15.2. The molecular weight excluding hydrogens is 210 g/mol. The molecule has 0 amide bonds. The van der Waals surface area contributed by atoms with Crippen LogP contribution >= 0.6 is 0 Å². The summed E-state index contributed by atoms with van der Waals surface area (Å²) in [6.07, 6.45) is 5.39. The number of unbranched alkanes of at least 4 members (excludes halogenated alkanes) is 1. The molecule has 2 N–H and O–H groups in total. The summed E-state index contributed by atoms with van der Waals surface area (Å²) in [5.41, 5.74) is 7.91. The molecule has 0 aromatic heterocycles. The normalized spacial score (nSPS) is 17.6. The van der Waals surface area contributed by atoms with Gasteiger partial charge in [-0.3, -0.25) is 0 Å². The predicted octanol–water partition coefficient (Wildman–Crippen LogP) is 2.90. The van der Waals surface area contributed by atoms with Gasteiger partial charge < -0.3 is 10.6 Å². The number of aliphatic imine (C=N–C) groups is 1. The molecule has 0 atom stereocenters. The molecule has 1 aliphatic rings. The SMILES string of the molecule is C=C1N=C(C=C(N)C(C)C)CCN1CCCC. The highest BCUT2D eigenvalue weighted by Crippen LogP contribution is 2.15. The number of nitrogens with zero attached hydrogens (tertiary/aromatic N) is 2. The molecule has 3 nitrogen and oxygen atoms in total. The van der Waals surface area contributed by atoms with Crippen LogP contribution in [0.2, 0.25) is 0 Å². The Balaban J connectivity index is 2.63. The molecule has 0 saturated heterocycles. The van der Waals surface area contributed by atoms with Crippen molar-refractivity contribution < 1.29 is 0 Å². The third-order valence-electron chi connectivity index (χ3n) is 3.06. The van der Waals surface area contributed by atoms with Crippen molar-refractivity contribution in [1.82, 2.24) is 4.90 Å². The lowest BCUT2D eigenvalue weighted by molar-refractivity contribution is 0.336. The van der Waals surface area contributed by atoms with Gasteiger partial charge in [0.25, 0.3) is 0 Å². The van der Waals surface area contributed by atoms with E-state index in [-0.39, 0.29) is 0 Å². The van der Waals surface area contributed by atoms with Crippen LogP contribution in [0.4, 0.5) is 0 Å². The first kappa shape index (κ1) is 13.8. The first-order valence-corrected chi connectivity index (χ1v) is 6.53. The Bertz CT molecular complexity index is 326. The molecule has 1 heterocycles. The summed E-state index contributed by atoms with van der Waals surface area (Å²) < 4.78 is 0. The highest BCUT2D eigenvalue weighted by Gasteiger charge is 2.14. The number of hydrogen-bond donors (Lipinski definition) is 1. The van der Waals surface area contributed by atoms with Crippen LogP contribution in [0.5, 0.6) is 0 Å². The molecule has 0 spiro atoms. The van der Waals surface area contributed by atoms with Crippen molar-refractivity contribution in [1.29, 1.82) is 0 Å². The van der Waals surface area contributed by atoms with E-state index in [1.54, 1.807) is 0 Å². The van der Waals surface area contributed by atoms with Gasteiger partial charge in [-0.25, -0.2) is 4.99 Å². The first-order chi connectivity index (χ1) is 8.04. The average molecular weight is 235 g/mol. The Hall–Kier alpha value is -1.25. The second-order valence-corrected chi connectivity index (χ2v) is 4.91. The summed E-state index contributed by atoms with van der Waals surface area (Å²) in [5, 5.41) is 0. The molecule has 0 aliphatic carbocycles. The smallest absolute Gasteiger partial charge is 0.121 e. The first-order valence-electron chi connectivity index (χ1n) is 6.53. The van der Waals surface area contributed by atoms with E-state index in [2.05, 4.69) is 37.2 Å². The third-order valence-corrected chi connectivity index (χ3v) is 3.06. The van der Waals surface area contributed by atoms with Gasteiger partial charge in [0, 0.05) is 30.9 Å². The lowest BCUT2D eigenvalue weighted by Crippen LogP contribution is -2.30. The van der Waals surface area contributed by atoms with Crippen molar-refractivity contribution >= 4 is 5.71 Å². The van der Waals surface area contributed by atoms with E-state index in [4.69, 9.17) is 5.73 Å². The van der Waals surface area contributed by atoms with Crippen LogP contribution in [0.15, 0.2) is 29.2 Å². The van der Waals surface area contributed by atoms with Crippen LogP contribution in [-0.4, -0.2) is 23.7 Å². The molecule has 0 aromatic carbocycles. The maximum atomic E-state index is 5.94. The van der Waals surface area contributed by atoms with Gasteiger partial charge in [0.15, 0.2) is 0 Å². The number of hydrogen-bond acceptors (Lipinski definition) is 3. The fourth-order valence-corrected chi connectivity index (χ4v) is 1.72. The molecule has 0 aromatic rings. The van der Waals surface area contributed by atoms with Gasteiger partial charge >= 0.3 is 0 Å². The zero-order chi connectivity index (χ0) is 12.8. The number of rotatable bonds is 5. The van der Waals surface area contributed by atoms with Crippen molar-refractivity contribution in [2.75, 3.05) is 13.1 Å². The molecule has 0 fully saturated rings. The van der Waals surface area contributed by atoms with E-state index in [0.29, 0.717) is 5.92 Å². The molecule has 0 saturated carbocycles. The van der Waals surface area contributed by atoms with Crippen LogP contribution < -0.4 is 5.73 Å². The van der Waals surface area contributed by atoms with Crippen LogP contribution in [0.3, 0.4) is 0 Å². The van der Waals surface area contributed by atoms with Crippen molar-refractivity contribution in [3.63, 3.8) is 0 Å². The Morgan fingerprint density at radius 1 is 1.59 bits per heavy atom. The van der Waals surface area contributed by atoms with Crippen LogP contribution in [0.25, 0.3) is 0 Å². The summed E-state index contributed by atoms with van der Waals surface area (Å²) in [5.74, 6) is 1.26. The van der Waals surface area contributed by atoms with Crippen molar-refractivity contribution in [2.45, 2.75) is 40.0 Å². The molecule has 1 rings (SSSR count). The standard InChI is InChI=1S/C14H25N3/c1-5-6-8-17-9-7-13(16-12(17)4)10-14(15)11(2)3/h10-11H,4-9,15H2,1-3H3. The fourth-order valence-electron chi connectivity index (χ4n) is 1.72. The lowest BCUT2D eigenvalue weighted by Gasteiger charge is -2.28.